The fourth-order valence-electron chi connectivity index (χ4n) is 4.67. The summed E-state index contributed by atoms with van der Waals surface area (Å²) >= 11 is 7.80. The van der Waals surface area contributed by atoms with Crippen molar-refractivity contribution in [3.63, 3.8) is 0 Å². The molecule has 3 N–H and O–H groups in total. The zero-order valence-electron chi connectivity index (χ0n) is 18.8. The number of aldehydes is 1. The summed E-state index contributed by atoms with van der Waals surface area (Å²) in [6.45, 7) is 3.48. The number of nitrogens with one attached hydrogen (secondary N) is 1. The van der Waals surface area contributed by atoms with E-state index in [9.17, 15) is 4.79 Å². The molecule has 4 aromatic rings. The molecule has 7 nitrogen and oxygen atoms in total. The first-order valence-corrected chi connectivity index (χ1v) is 12.2. The number of carbonyl (C=O) groups excluding carboxylic acids is 1. The second-order valence-electron chi connectivity index (χ2n) is 8.16. The molecule has 0 aliphatic carbocycles. The van der Waals surface area contributed by atoms with E-state index in [4.69, 9.17) is 17.3 Å². The molecule has 35 heavy (non-hydrogen) atoms. The SMILES string of the molecule is Cl.Cl.NC[C@H](C=O)C(c1ccc(Cl)cc1)N1CCN(c2ncnc3[nH]cc(-c4cccs4)c23)CC1. The molecule has 4 heterocycles. The van der Waals surface area contributed by atoms with Crippen LogP contribution in [0.3, 0.4) is 0 Å². The Labute approximate surface area is 225 Å². The zero-order valence-corrected chi connectivity index (χ0v) is 22.0. The molecule has 0 spiro atoms. The van der Waals surface area contributed by atoms with Crippen molar-refractivity contribution in [1.29, 1.82) is 0 Å². The number of aromatic nitrogens is 3. The van der Waals surface area contributed by atoms with Crippen molar-refractivity contribution in [1.82, 2.24) is 19.9 Å². The normalized spacial score (nSPS) is 15.8. The highest BCUT2D eigenvalue weighted by molar-refractivity contribution is 7.13. The minimum absolute atomic E-state index is 0. The molecule has 1 fully saturated rings. The average Bonchev–Trinajstić information content (AvgIpc) is 3.53. The maximum atomic E-state index is 11.9. The van der Waals surface area contributed by atoms with Crippen molar-refractivity contribution in [3.05, 3.63) is 64.9 Å². The number of piperazine rings is 1. The quantitative estimate of drug-likeness (QED) is 0.319. The van der Waals surface area contributed by atoms with Gasteiger partial charge in [0.05, 0.1) is 5.39 Å². The van der Waals surface area contributed by atoms with E-state index in [1.807, 2.05) is 30.5 Å². The molecule has 3 aromatic heterocycles. The van der Waals surface area contributed by atoms with Crippen LogP contribution >= 0.6 is 47.8 Å². The van der Waals surface area contributed by atoms with Crippen molar-refractivity contribution >= 4 is 70.9 Å². The highest BCUT2D eigenvalue weighted by Gasteiger charge is 2.31. The topological polar surface area (TPSA) is 91.1 Å². The van der Waals surface area contributed by atoms with E-state index in [1.165, 1.54) is 4.88 Å². The fourth-order valence-corrected chi connectivity index (χ4v) is 5.55. The minimum atomic E-state index is -0.279. The molecule has 0 radical (unpaired) electrons. The highest BCUT2D eigenvalue weighted by atomic mass is 35.5. The monoisotopic (exact) mass is 552 g/mol. The Morgan fingerprint density at radius 2 is 1.86 bits per heavy atom. The van der Waals surface area contributed by atoms with Gasteiger partial charge in [0.15, 0.2) is 0 Å². The van der Waals surface area contributed by atoms with Gasteiger partial charge in [-0.25, -0.2) is 9.97 Å². The van der Waals surface area contributed by atoms with Gasteiger partial charge in [-0.2, -0.15) is 0 Å². The molecular weight excluding hydrogens is 527 g/mol. The van der Waals surface area contributed by atoms with Gasteiger partial charge >= 0.3 is 0 Å². The van der Waals surface area contributed by atoms with E-state index in [0.717, 1.165) is 60.4 Å². The number of fused-ring (bicyclic) bond motifs is 1. The molecular formula is C24H27Cl3N6OS. The standard InChI is InChI=1S/C24H25ClN6OS.2ClH/c25-18-5-3-16(4-6-18)22(17(12-26)14-32)30-7-9-31(10-8-30)24-21-19(20-2-1-11-33-20)13-27-23(21)28-15-29-24;;/h1-6,11,13-15,17,22H,7-10,12,26H2,(H,27,28,29);2*1H/t17-,22?;;/m1../s1. The molecule has 0 bridgehead atoms. The summed E-state index contributed by atoms with van der Waals surface area (Å²) in [6.07, 6.45) is 4.61. The van der Waals surface area contributed by atoms with Crippen LogP contribution in [0.4, 0.5) is 5.82 Å². The number of hydrogen-bond acceptors (Lipinski definition) is 7. The van der Waals surface area contributed by atoms with E-state index < -0.39 is 0 Å². The third-order valence-corrected chi connectivity index (χ3v) is 7.46. The Bertz CT molecular complexity index is 1230. The zero-order chi connectivity index (χ0) is 22.8. The van der Waals surface area contributed by atoms with Crippen LogP contribution in [0.15, 0.2) is 54.3 Å². The third kappa shape index (κ3) is 5.48. The summed E-state index contributed by atoms with van der Waals surface area (Å²) < 4.78 is 0. The van der Waals surface area contributed by atoms with E-state index in [-0.39, 0.29) is 36.8 Å². The molecule has 1 unspecified atom stereocenters. The number of nitrogens with two attached hydrogens (primary N) is 1. The van der Waals surface area contributed by atoms with Crippen LogP contribution in [0.1, 0.15) is 11.6 Å². The molecule has 1 aromatic carbocycles. The number of aromatic amines is 1. The summed E-state index contributed by atoms with van der Waals surface area (Å²) in [5.41, 5.74) is 9.00. The second-order valence-corrected chi connectivity index (χ2v) is 9.54. The summed E-state index contributed by atoms with van der Waals surface area (Å²) in [7, 11) is 0. The lowest BCUT2D eigenvalue weighted by molar-refractivity contribution is -0.113. The first kappa shape index (κ1) is 27.4. The predicted molar refractivity (Wildman–Crippen MR) is 148 cm³/mol. The van der Waals surface area contributed by atoms with E-state index in [1.54, 1.807) is 17.7 Å². The van der Waals surface area contributed by atoms with E-state index >= 15 is 0 Å². The minimum Gasteiger partial charge on any atom is -0.353 e. The van der Waals surface area contributed by atoms with Crippen LogP contribution in [0, 0.1) is 5.92 Å². The maximum absolute atomic E-state index is 11.9. The van der Waals surface area contributed by atoms with Gasteiger partial charge in [-0.1, -0.05) is 29.8 Å². The Morgan fingerprint density at radius 3 is 2.49 bits per heavy atom. The number of thiophene rings is 1. The fraction of sp³-hybridized carbons (Fsp3) is 0.292. The van der Waals surface area contributed by atoms with Crippen molar-refractivity contribution in [2.24, 2.45) is 11.7 Å². The van der Waals surface area contributed by atoms with Gasteiger partial charge in [-0.15, -0.1) is 36.2 Å². The maximum Gasteiger partial charge on any atom is 0.143 e. The van der Waals surface area contributed by atoms with Gasteiger partial charge in [0, 0.05) is 66.3 Å². The van der Waals surface area contributed by atoms with E-state index in [0.29, 0.717) is 11.6 Å². The largest absolute Gasteiger partial charge is 0.353 e. The molecule has 5 rings (SSSR count). The van der Waals surface area contributed by atoms with Gasteiger partial charge in [-0.05, 0) is 29.1 Å². The first-order valence-electron chi connectivity index (χ1n) is 11.0. The number of H-pyrrole nitrogens is 1. The Kier molecular flexibility index (Phi) is 9.52. The third-order valence-electron chi connectivity index (χ3n) is 6.31. The van der Waals surface area contributed by atoms with Crippen molar-refractivity contribution < 1.29 is 4.79 Å². The van der Waals surface area contributed by atoms with Crippen LogP contribution in [0.25, 0.3) is 21.5 Å². The van der Waals surface area contributed by atoms with Crippen molar-refractivity contribution in [2.45, 2.75) is 6.04 Å². The molecule has 0 amide bonds. The Morgan fingerprint density at radius 1 is 1.11 bits per heavy atom. The summed E-state index contributed by atoms with van der Waals surface area (Å²) in [4.78, 5) is 30.1. The second kappa shape index (κ2) is 12.2. The molecule has 186 valence electrons. The van der Waals surface area contributed by atoms with Crippen LogP contribution in [0.5, 0.6) is 0 Å². The van der Waals surface area contributed by atoms with Gasteiger partial charge in [0.25, 0.3) is 0 Å². The predicted octanol–water partition coefficient (Wildman–Crippen LogP) is 4.82. The first-order chi connectivity index (χ1) is 16.2. The van der Waals surface area contributed by atoms with Gasteiger partial charge in [0.1, 0.15) is 24.1 Å². The molecule has 0 saturated carbocycles. The number of nitrogens with zero attached hydrogens (tertiary/aromatic N) is 4. The number of carbonyl (C=O) groups is 1. The highest BCUT2D eigenvalue weighted by Crippen LogP contribution is 2.37. The molecule has 2 atom stereocenters. The summed E-state index contributed by atoms with van der Waals surface area (Å²) in [6, 6.07) is 11.8. The van der Waals surface area contributed by atoms with E-state index in [2.05, 4.69) is 42.3 Å². The molecule has 11 heteroatoms. The summed E-state index contributed by atoms with van der Waals surface area (Å²) in [5.74, 6) is 0.664. The number of halogens is 3. The van der Waals surface area contributed by atoms with Crippen molar-refractivity contribution in [3.8, 4) is 10.4 Å². The molecule has 1 aliphatic rings. The Balaban J connectivity index is 0.00000171. The van der Waals surface area contributed by atoms with Gasteiger partial charge in [0.2, 0.25) is 0 Å². The van der Waals surface area contributed by atoms with Gasteiger partial charge in [-0.3, -0.25) is 4.90 Å². The smallest absolute Gasteiger partial charge is 0.143 e. The lowest BCUT2D eigenvalue weighted by Gasteiger charge is -2.41. The molecule has 1 saturated heterocycles. The van der Waals surface area contributed by atoms with Crippen LogP contribution in [0.2, 0.25) is 5.02 Å². The van der Waals surface area contributed by atoms with Crippen molar-refractivity contribution in [2.75, 3.05) is 37.6 Å². The summed E-state index contributed by atoms with van der Waals surface area (Å²) in [5, 5.41) is 3.81. The van der Waals surface area contributed by atoms with Crippen LogP contribution in [-0.2, 0) is 4.79 Å². The number of anilines is 1. The lowest BCUT2D eigenvalue weighted by atomic mass is 9.92. The average molecular weight is 554 g/mol. The van der Waals surface area contributed by atoms with Gasteiger partial charge < -0.3 is 20.4 Å². The number of hydrogen-bond donors (Lipinski definition) is 2. The Hall–Kier alpha value is -2.20. The van der Waals surface area contributed by atoms with Crippen LogP contribution in [-0.4, -0.2) is 58.9 Å². The van der Waals surface area contributed by atoms with Crippen LogP contribution < -0.4 is 10.6 Å². The molecule has 1 aliphatic heterocycles. The lowest BCUT2D eigenvalue weighted by Crippen LogP contribution is -2.50. The number of rotatable bonds is 7. The number of benzene rings is 1.